The molecule has 5 heteroatoms. The zero-order chi connectivity index (χ0) is 16.1. The SMILES string of the molecule is CC(C)c1ccccc1NC(=O)COc1cc(Cl)ccc1Cl. The number of rotatable bonds is 5. The summed E-state index contributed by atoms with van der Waals surface area (Å²) in [6, 6.07) is 12.6. The molecule has 1 amide bonds. The molecule has 0 aromatic heterocycles. The Morgan fingerprint density at radius 3 is 2.64 bits per heavy atom. The van der Waals surface area contributed by atoms with Gasteiger partial charge in [-0.15, -0.1) is 0 Å². The first-order valence-corrected chi connectivity index (χ1v) is 7.69. The van der Waals surface area contributed by atoms with Gasteiger partial charge in [-0.3, -0.25) is 4.79 Å². The summed E-state index contributed by atoms with van der Waals surface area (Å²) in [5.41, 5.74) is 1.87. The number of amides is 1. The Morgan fingerprint density at radius 2 is 1.91 bits per heavy atom. The number of ether oxygens (including phenoxy) is 1. The highest BCUT2D eigenvalue weighted by molar-refractivity contribution is 6.34. The second kappa shape index (κ2) is 7.52. The van der Waals surface area contributed by atoms with Gasteiger partial charge in [-0.1, -0.05) is 55.2 Å². The number of halogens is 2. The Hall–Kier alpha value is -1.71. The van der Waals surface area contributed by atoms with Crippen LogP contribution in [0.25, 0.3) is 0 Å². The van der Waals surface area contributed by atoms with Crippen LogP contribution in [0.4, 0.5) is 5.69 Å². The van der Waals surface area contributed by atoms with Crippen molar-refractivity contribution in [2.45, 2.75) is 19.8 Å². The summed E-state index contributed by atoms with van der Waals surface area (Å²) in [5, 5.41) is 3.78. The van der Waals surface area contributed by atoms with E-state index in [2.05, 4.69) is 19.2 Å². The van der Waals surface area contributed by atoms with Gasteiger partial charge in [-0.2, -0.15) is 0 Å². The van der Waals surface area contributed by atoms with Crippen molar-refractivity contribution >= 4 is 34.8 Å². The molecule has 0 heterocycles. The van der Waals surface area contributed by atoms with Gasteiger partial charge in [0.2, 0.25) is 0 Å². The number of para-hydroxylation sites is 1. The van der Waals surface area contributed by atoms with Crippen molar-refractivity contribution in [1.29, 1.82) is 0 Å². The predicted octanol–water partition coefficient (Wildman–Crippen LogP) is 5.13. The molecule has 2 rings (SSSR count). The van der Waals surface area contributed by atoms with Crippen molar-refractivity contribution in [3.05, 3.63) is 58.1 Å². The molecular formula is C17H17Cl2NO2. The number of anilines is 1. The highest BCUT2D eigenvalue weighted by atomic mass is 35.5. The summed E-state index contributed by atoms with van der Waals surface area (Å²) >= 11 is 11.9. The Morgan fingerprint density at radius 1 is 1.18 bits per heavy atom. The predicted molar refractivity (Wildman–Crippen MR) is 91.1 cm³/mol. The largest absolute Gasteiger partial charge is 0.482 e. The van der Waals surface area contributed by atoms with Crippen LogP contribution in [-0.2, 0) is 4.79 Å². The second-order valence-corrected chi connectivity index (χ2v) is 6.00. The first kappa shape index (κ1) is 16.7. The summed E-state index contributed by atoms with van der Waals surface area (Å²) in [6.07, 6.45) is 0. The van der Waals surface area contributed by atoms with Crippen LogP contribution in [0.5, 0.6) is 5.75 Å². The molecule has 0 atom stereocenters. The van der Waals surface area contributed by atoms with E-state index in [9.17, 15) is 4.79 Å². The average Bonchev–Trinajstić information content (AvgIpc) is 2.48. The lowest BCUT2D eigenvalue weighted by molar-refractivity contribution is -0.118. The van der Waals surface area contributed by atoms with E-state index in [1.807, 2.05) is 24.3 Å². The molecule has 0 spiro atoms. The van der Waals surface area contributed by atoms with Crippen LogP contribution in [0.2, 0.25) is 10.0 Å². The zero-order valence-electron chi connectivity index (χ0n) is 12.4. The molecule has 0 radical (unpaired) electrons. The molecule has 0 bridgehead atoms. The first-order valence-electron chi connectivity index (χ1n) is 6.94. The highest BCUT2D eigenvalue weighted by Gasteiger charge is 2.10. The molecule has 0 aliphatic heterocycles. The molecule has 2 aromatic rings. The van der Waals surface area contributed by atoms with E-state index in [4.69, 9.17) is 27.9 Å². The molecule has 116 valence electrons. The van der Waals surface area contributed by atoms with Crippen LogP contribution in [0, 0.1) is 0 Å². The minimum atomic E-state index is -0.246. The topological polar surface area (TPSA) is 38.3 Å². The maximum Gasteiger partial charge on any atom is 0.262 e. The van der Waals surface area contributed by atoms with E-state index in [0.29, 0.717) is 21.7 Å². The summed E-state index contributed by atoms with van der Waals surface area (Å²) in [7, 11) is 0. The van der Waals surface area contributed by atoms with Crippen LogP contribution in [0.1, 0.15) is 25.3 Å². The van der Waals surface area contributed by atoms with E-state index in [1.165, 1.54) is 0 Å². The van der Waals surface area contributed by atoms with Gasteiger partial charge in [-0.25, -0.2) is 0 Å². The Balaban J connectivity index is 2.01. The minimum absolute atomic E-state index is 0.132. The van der Waals surface area contributed by atoms with Gasteiger partial charge in [0, 0.05) is 16.8 Å². The van der Waals surface area contributed by atoms with Crippen LogP contribution in [0.3, 0.4) is 0 Å². The van der Waals surface area contributed by atoms with Crippen LogP contribution < -0.4 is 10.1 Å². The molecule has 0 fully saturated rings. The van der Waals surface area contributed by atoms with Crippen molar-refractivity contribution in [3.8, 4) is 5.75 Å². The fourth-order valence-electron chi connectivity index (χ4n) is 2.03. The lowest BCUT2D eigenvalue weighted by atomic mass is 10.0. The molecule has 0 saturated carbocycles. The van der Waals surface area contributed by atoms with E-state index >= 15 is 0 Å². The van der Waals surface area contributed by atoms with Gasteiger partial charge < -0.3 is 10.1 Å². The van der Waals surface area contributed by atoms with Gasteiger partial charge in [0.25, 0.3) is 5.91 Å². The molecule has 0 aliphatic carbocycles. The van der Waals surface area contributed by atoms with Crippen molar-refractivity contribution < 1.29 is 9.53 Å². The molecule has 22 heavy (non-hydrogen) atoms. The second-order valence-electron chi connectivity index (χ2n) is 5.15. The van der Waals surface area contributed by atoms with Crippen LogP contribution in [-0.4, -0.2) is 12.5 Å². The molecule has 2 aromatic carbocycles. The monoisotopic (exact) mass is 337 g/mol. The number of carbonyl (C=O) groups excluding carboxylic acids is 1. The lowest BCUT2D eigenvalue weighted by Gasteiger charge is -2.14. The van der Waals surface area contributed by atoms with Crippen LogP contribution in [0.15, 0.2) is 42.5 Å². The fourth-order valence-corrected chi connectivity index (χ4v) is 2.37. The molecule has 0 aliphatic rings. The van der Waals surface area contributed by atoms with E-state index in [1.54, 1.807) is 18.2 Å². The normalized spacial score (nSPS) is 10.6. The number of benzene rings is 2. The molecule has 0 saturated heterocycles. The third-order valence-corrected chi connectivity index (χ3v) is 3.66. The zero-order valence-corrected chi connectivity index (χ0v) is 13.9. The fraction of sp³-hybridized carbons (Fsp3) is 0.235. The third-order valence-electron chi connectivity index (χ3n) is 3.11. The molecular weight excluding hydrogens is 321 g/mol. The average molecular weight is 338 g/mol. The van der Waals surface area contributed by atoms with Gasteiger partial charge >= 0.3 is 0 Å². The standard InChI is InChI=1S/C17H17Cl2NO2/c1-11(2)13-5-3-4-6-15(13)20-17(21)10-22-16-9-12(18)7-8-14(16)19/h3-9,11H,10H2,1-2H3,(H,20,21). The van der Waals surface area contributed by atoms with E-state index in [0.717, 1.165) is 11.3 Å². The Labute approximate surface area is 140 Å². The van der Waals surface area contributed by atoms with Gasteiger partial charge in [-0.05, 0) is 29.7 Å². The van der Waals surface area contributed by atoms with Gasteiger partial charge in [0.15, 0.2) is 6.61 Å². The summed E-state index contributed by atoms with van der Waals surface area (Å²) < 4.78 is 5.42. The van der Waals surface area contributed by atoms with Gasteiger partial charge in [0.05, 0.1) is 5.02 Å². The molecule has 3 nitrogen and oxygen atoms in total. The number of carbonyl (C=O) groups is 1. The van der Waals surface area contributed by atoms with Crippen molar-refractivity contribution in [3.63, 3.8) is 0 Å². The Kier molecular flexibility index (Phi) is 5.69. The molecule has 1 N–H and O–H groups in total. The van der Waals surface area contributed by atoms with Gasteiger partial charge in [0.1, 0.15) is 5.75 Å². The lowest BCUT2D eigenvalue weighted by Crippen LogP contribution is -2.21. The summed E-state index contributed by atoms with van der Waals surface area (Å²) in [6.45, 7) is 4.02. The quantitative estimate of drug-likeness (QED) is 0.820. The first-order chi connectivity index (χ1) is 10.5. The Bertz CT molecular complexity index is 671. The maximum atomic E-state index is 12.0. The van der Waals surface area contributed by atoms with E-state index in [-0.39, 0.29) is 12.5 Å². The number of hydrogen-bond acceptors (Lipinski definition) is 2. The maximum absolute atomic E-state index is 12.0. The van der Waals surface area contributed by atoms with E-state index < -0.39 is 0 Å². The van der Waals surface area contributed by atoms with Crippen molar-refractivity contribution in [2.24, 2.45) is 0 Å². The third kappa shape index (κ3) is 4.39. The number of hydrogen-bond donors (Lipinski definition) is 1. The van der Waals surface area contributed by atoms with Crippen molar-refractivity contribution in [2.75, 3.05) is 11.9 Å². The van der Waals surface area contributed by atoms with Crippen molar-refractivity contribution in [1.82, 2.24) is 0 Å². The highest BCUT2D eigenvalue weighted by Crippen LogP contribution is 2.28. The summed E-state index contributed by atoms with van der Waals surface area (Å²) in [5.74, 6) is 0.463. The smallest absolute Gasteiger partial charge is 0.262 e. The van der Waals surface area contributed by atoms with Crippen LogP contribution >= 0.6 is 23.2 Å². The summed E-state index contributed by atoms with van der Waals surface area (Å²) in [4.78, 5) is 12.0. The minimum Gasteiger partial charge on any atom is -0.482 e. The number of nitrogens with one attached hydrogen (secondary N) is 1. The molecule has 0 unspecified atom stereocenters.